The molecule has 0 amide bonds. The van der Waals surface area contributed by atoms with E-state index in [9.17, 15) is 13.2 Å². The molecule has 1 aromatic rings. The first-order valence-electron chi connectivity index (χ1n) is 7.48. The lowest BCUT2D eigenvalue weighted by Gasteiger charge is -2.25. The van der Waals surface area contributed by atoms with Crippen LogP contribution in [0.4, 0.5) is 0 Å². The fraction of sp³-hybridized carbons (Fsp3) is 0.562. The van der Waals surface area contributed by atoms with Crippen LogP contribution in [0.2, 0.25) is 0 Å². The summed E-state index contributed by atoms with van der Waals surface area (Å²) in [5.74, 6) is -0.242. The first kappa shape index (κ1) is 17.7. The molecule has 0 fully saturated rings. The Morgan fingerprint density at radius 2 is 2.04 bits per heavy atom. The number of rotatable bonds is 6. The Balaban J connectivity index is 2.20. The van der Waals surface area contributed by atoms with Crippen molar-refractivity contribution < 1.29 is 23.1 Å². The van der Waals surface area contributed by atoms with Gasteiger partial charge in [-0.1, -0.05) is 0 Å². The number of nitrogens with one attached hydrogen (secondary N) is 1. The highest BCUT2D eigenvalue weighted by atomic mass is 32.2. The van der Waals surface area contributed by atoms with Crippen molar-refractivity contribution in [1.29, 1.82) is 0 Å². The summed E-state index contributed by atoms with van der Waals surface area (Å²) in [5.41, 5.74) is -0.313. The highest BCUT2D eigenvalue weighted by molar-refractivity contribution is 7.89. The van der Waals surface area contributed by atoms with Gasteiger partial charge in [0, 0.05) is 18.4 Å². The summed E-state index contributed by atoms with van der Waals surface area (Å²) in [6, 6.07) is 4.80. The van der Waals surface area contributed by atoms with Gasteiger partial charge in [-0.05, 0) is 57.9 Å². The number of fused-ring (bicyclic) bond motifs is 1. The number of carboxylic acid groups (broad SMARTS) is 1. The van der Waals surface area contributed by atoms with Gasteiger partial charge in [-0.25, -0.2) is 13.1 Å². The molecule has 0 saturated carbocycles. The van der Waals surface area contributed by atoms with Crippen LogP contribution in [0.15, 0.2) is 23.1 Å². The van der Waals surface area contributed by atoms with E-state index in [1.165, 1.54) is 6.07 Å². The minimum Gasteiger partial charge on any atom is -0.487 e. The van der Waals surface area contributed by atoms with Crippen LogP contribution in [-0.4, -0.2) is 30.6 Å². The third-order valence-corrected chi connectivity index (χ3v) is 5.42. The normalized spacial score (nSPS) is 16.7. The van der Waals surface area contributed by atoms with Gasteiger partial charge < -0.3 is 9.84 Å². The van der Waals surface area contributed by atoms with Crippen molar-refractivity contribution in [1.82, 2.24) is 4.72 Å². The molecule has 1 aliphatic rings. The minimum absolute atomic E-state index is 0.0955. The number of carbonyl (C=O) groups is 1. The van der Waals surface area contributed by atoms with E-state index < -0.39 is 21.5 Å². The lowest BCUT2D eigenvalue weighted by atomic mass is 10.0. The zero-order valence-corrected chi connectivity index (χ0v) is 14.7. The number of carboxylic acids is 1. The van der Waals surface area contributed by atoms with Crippen LogP contribution in [0.3, 0.4) is 0 Å². The first-order valence-corrected chi connectivity index (χ1v) is 8.96. The van der Waals surface area contributed by atoms with Gasteiger partial charge in [0.25, 0.3) is 0 Å². The number of sulfonamides is 1. The van der Waals surface area contributed by atoms with E-state index in [4.69, 9.17) is 9.84 Å². The largest absolute Gasteiger partial charge is 0.487 e. The highest BCUT2D eigenvalue weighted by Gasteiger charge is 2.32. The second kappa shape index (κ2) is 5.79. The summed E-state index contributed by atoms with van der Waals surface area (Å²) in [6.45, 7) is 7.25. The molecular weight excluding hydrogens is 318 g/mol. The van der Waals surface area contributed by atoms with E-state index in [1.807, 2.05) is 13.8 Å². The molecule has 128 valence electrons. The van der Waals surface area contributed by atoms with Crippen molar-refractivity contribution in [3.05, 3.63) is 23.8 Å². The SMILES string of the molecule is CC(C)(CCC(=O)O)NS(=O)(=O)c1ccc2c(c1)CC(C)(C)O2. The number of hydrogen-bond donors (Lipinski definition) is 2. The van der Waals surface area contributed by atoms with Crippen LogP contribution >= 0.6 is 0 Å². The molecule has 0 aromatic heterocycles. The van der Waals surface area contributed by atoms with Gasteiger partial charge in [0.05, 0.1) is 4.90 Å². The topological polar surface area (TPSA) is 92.7 Å². The molecule has 2 N–H and O–H groups in total. The Bertz CT molecular complexity index is 722. The highest BCUT2D eigenvalue weighted by Crippen LogP contribution is 2.36. The van der Waals surface area contributed by atoms with Crippen LogP contribution in [0.25, 0.3) is 0 Å². The zero-order valence-electron chi connectivity index (χ0n) is 13.8. The van der Waals surface area contributed by atoms with Crippen LogP contribution < -0.4 is 9.46 Å². The molecule has 0 atom stereocenters. The van der Waals surface area contributed by atoms with Crippen LogP contribution in [0, 0.1) is 0 Å². The maximum atomic E-state index is 12.6. The molecule has 0 saturated heterocycles. The maximum Gasteiger partial charge on any atom is 0.303 e. The fourth-order valence-electron chi connectivity index (χ4n) is 2.65. The van der Waals surface area contributed by atoms with E-state index in [2.05, 4.69) is 4.72 Å². The van der Waals surface area contributed by atoms with Crippen molar-refractivity contribution in [3.63, 3.8) is 0 Å². The van der Waals surface area contributed by atoms with Gasteiger partial charge in [0.2, 0.25) is 10.0 Å². The van der Waals surface area contributed by atoms with Crippen LogP contribution in [-0.2, 0) is 21.2 Å². The molecule has 6 nitrogen and oxygen atoms in total. The van der Waals surface area contributed by atoms with E-state index in [0.717, 1.165) is 5.56 Å². The lowest BCUT2D eigenvalue weighted by molar-refractivity contribution is -0.137. The second-order valence-electron chi connectivity index (χ2n) is 7.19. The van der Waals surface area contributed by atoms with Gasteiger partial charge in [-0.2, -0.15) is 0 Å². The molecule has 0 aliphatic carbocycles. The predicted molar refractivity (Wildman–Crippen MR) is 86.1 cm³/mol. The van der Waals surface area contributed by atoms with Crippen LogP contribution in [0.1, 0.15) is 46.1 Å². The zero-order chi connectivity index (χ0) is 17.5. The number of aliphatic carboxylic acids is 1. The molecular formula is C16H23NO5S. The van der Waals surface area contributed by atoms with E-state index in [0.29, 0.717) is 12.2 Å². The Kier molecular flexibility index (Phi) is 4.47. The molecule has 1 heterocycles. The van der Waals surface area contributed by atoms with E-state index in [1.54, 1.807) is 26.0 Å². The first-order chi connectivity index (χ1) is 10.4. The summed E-state index contributed by atoms with van der Waals surface area (Å²) >= 11 is 0. The molecule has 1 aromatic carbocycles. The Hall–Kier alpha value is -1.60. The molecule has 1 aliphatic heterocycles. The van der Waals surface area contributed by atoms with Crippen molar-refractivity contribution in [2.75, 3.05) is 0 Å². The quantitative estimate of drug-likeness (QED) is 0.828. The third-order valence-electron chi connectivity index (χ3n) is 3.72. The van der Waals surface area contributed by atoms with E-state index >= 15 is 0 Å². The molecule has 7 heteroatoms. The van der Waals surface area contributed by atoms with Gasteiger partial charge in [0.1, 0.15) is 11.4 Å². The molecule has 0 radical (unpaired) electrons. The summed E-state index contributed by atoms with van der Waals surface area (Å²) in [4.78, 5) is 10.8. The predicted octanol–water partition coefficient (Wildman–Crippen LogP) is 2.32. The summed E-state index contributed by atoms with van der Waals surface area (Å²) in [5, 5.41) is 8.76. The molecule has 0 bridgehead atoms. The molecule has 0 unspecified atom stereocenters. The van der Waals surface area contributed by atoms with Crippen molar-refractivity contribution in [2.24, 2.45) is 0 Å². The molecule has 0 spiro atoms. The average molecular weight is 341 g/mol. The second-order valence-corrected chi connectivity index (χ2v) is 8.87. The lowest BCUT2D eigenvalue weighted by Crippen LogP contribution is -2.43. The van der Waals surface area contributed by atoms with Crippen molar-refractivity contribution in [2.45, 2.75) is 63.0 Å². The molecule has 2 rings (SSSR count). The summed E-state index contributed by atoms with van der Waals surface area (Å²) < 4.78 is 33.4. The van der Waals surface area contributed by atoms with Gasteiger partial charge in [0.15, 0.2) is 0 Å². The standard InChI is InChI=1S/C16H23NO5S/c1-15(2,8-7-14(18)19)17-23(20,21)12-5-6-13-11(9-12)10-16(3,4)22-13/h5-6,9,17H,7-8,10H2,1-4H3,(H,18,19). The Morgan fingerprint density at radius 1 is 1.39 bits per heavy atom. The molecule has 23 heavy (non-hydrogen) atoms. The average Bonchev–Trinajstić information content (AvgIpc) is 2.68. The van der Waals surface area contributed by atoms with Gasteiger partial charge in [-0.15, -0.1) is 0 Å². The number of benzene rings is 1. The van der Waals surface area contributed by atoms with Crippen molar-refractivity contribution >= 4 is 16.0 Å². The van der Waals surface area contributed by atoms with E-state index in [-0.39, 0.29) is 23.3 Å². The van der Waals surface area contributed by atoms with Gasteiger partial charge in [-0.3, -0.25) is 4.79 Å². The van der Waals surface area contributed by atoms with Crippen molar-refractivity contribution in [3.8, 4) is 5.75 Å². The Labute approximate surface area is 136 Å². The minimum atomic E-state index is -3.72. The number of ether oxygens (including phenoxy) is 1. The monoisotopic (exact) mass is 341 g/mol. The number of hydrogen-bond acceptors (Lipinski definition) is 4. The Morgan fingerprint density at radius 3 is 2.65 bits per heavy atom. The fourth-order valence-corrected chi connectivity index (χ4v) is 4.14. The van der Waals surface area contributed by atoms with Crippen LogP contribution in [0.5, 0.6) is 5.75 Å². The summed E-state index contributed by atoms with van der Waals surface area (Å²) in [6.07, 6.45) is 0.762. The maximum absolute atomic E-state index is 12.6. The smallest absolute Gasteiger partial charge is 0.303 e. The summed E-state index contributed by atoms with van der Waals surface area (Å²) in [7, 11) is -3.72. The van der Waals surface area contributed by atoms with Gasteiger partial charge >= 0.3 is 5.97 Å². The third kappa shape index (κ3) is 4.45.